The Labute approximate surface area is 126 Å². The molecule has 0 amide bonds. The molecule has 1 fully saturated rings. The lowest BCUT2D eigenvalue weighted by Gasteiger charge is -2.36. The van der Waals surface area contributed by atoms with Crippen LogP contribution in [-0.4, -0.2) is 11.5 Å². The monoisotopic (exact) mass is 290 g/mol. The van der Waals surface area contributed by atoms with Gasteiger partial charge in [0.1, 0.15) is 0 Å². The molecule has 0 N–H and O–H groups in total. The Morgan fingerprint density at radius 1 is 1.21 bits per heavy atom. The Hall–Kier alpha value is -0.520. The van der Waals surface area contributed by atoms with Gasteiger partial charge in [-0.05, 0) is 47.0 Å². The van der Waals surface area contributed by atoms with Crippen LogP contribution in [0, 0.1) is 30.6 Å². The molecule has 1 aromatic carbocycles. The summed E-state index contributed by atoms with van der Waals surface area (Å²) in [5.74, 6) is 6.07. The summed E-state index contributed by atoms with van der Waals surface area (Å²) in [5, 5.41) is 0. The number of benzene rings is 1. The number of thioether (sulfide) groups is 2. The number of hydrogen-bond acceptors (Lipinski definition) is 2. The van der Waals surface area contributed by atoms with Crippen molar-refractivity contribution in [2.24, 2.45) is 11.3 Å². The van der Waals surface area contributed by atoms with E-state index in [9.17, 15) is 0 Å². The van der Waals surface area contributed by atoms with Gasteiger partial charge in [-0.2, -0.15) is 0 Å². The zero-order valence-corrected chi connectivity index (χ0v) is 13.8. The van der Waals surface area contributed by atoms with E-state index in [0.717, 1.165) is 11.5 Å². The van der Waals surface area contributed by atoms with Crippen LogP contribution < -0.4 is 0 Å². The van der Waals surface area contributed by atoms with E-state index in [-0.39, 0.29) is 0 Å². The molecular formula is C17H22S2. The summed E-state index contributed by atoms with van der Waals surface area (Å²) in [7, 11) is 0. The van der Waals surface area contributed by atoms with Crippen LogP contribution >= 0.6 is 23.5 Å². The molecule has 1 aliphatic rings. The maximum absolute atomic E-state index is 5.48. The lowest BCUT2D eigenvalue weighted by Crippen LogP contribution is -2.27. The van der Waals surface area contributed by atoms with E-state index in [1.54, 1.807) is 0 Å². The Morgan fingerprint density at radius 3 is 2.32 bits per heavy atom. The SMILES string of the molecule is C#Cc1ccc(C2SCC(C(C)(C)C)CS2)cc1C. The van der Waals surface area contributed by atoms with Crippen molar-refractivity contribution in [1.29, 1.82) is 0 Å². The standard InChI is InChI=1S/C17H22S2/c1-6-13-7-8-14(9-12(13)2)16-18-10-15(11-19-16)17(3,4)5/h1,7-9,15-16H,10-11H2,2-5H3. The predicted octanol–water partition coefficient (Wildman–Crippen LogP) is 5.12. The Kier molecular flexibility index (Phi) is 4.58. The molecule has 0 nitrogen and oxygen atoms in total. The average molecular weight is 290 g/mol. The minimum absolute atomic E-state index is 0.425. The normalized spacial score (nSPS) is 23.9. The van der Waals surface area contributed by atoms with Crippen LogP contribution in [0.1, 0.15) is 42.0 Å². The van der Waals surface area contributed by atoms with Crippen molar-refractivity contribution in [3.05, 3.63) is 34.9 Å². The second kappa shape index (κ2) is 5.85. The van der Waals surface area contributed by atoms with E-state index in [1.165, 1.54) is 22.6 Å². The first kappa shape index (κ1) is 14.9. The molecule has 1 aliphatic heterocycles. The summed E-state index contributed by atoms with van der Waals surface area (Å²) >= 11 is 4.17. The molecule has 1 heterocycles. The summed E-state index contributed by atoms with van der Waals surface area (Å²) in [4.78, 5) is 0. The smallest absolute Gasteiger partial charge is 0.0751 e. The minimum atomic E-state index is 0.425. The largest absolute Gasteiger partial charge is 0.142 e. The van der Waals surface area contributed by atoms with E-state index in [1.807, 2.05) is 0 Å². The molecule has 0 atom stereocenters. The molecule has 102 valence electrons. The third-order valence-corrected chi connectivity index (χ3v) is 6.96. The predicted molar refractivity (Wildman–Crippen MR) is 89.7 cm³/mol. The fourth-order valence-electron chi connectivity index (χ4n) is 2.19. The third kappa shape index (κ3) is 3.52. The Bertz CT molecular complexity index is 483. The van der Waals surface area contributed by atoms with Crippen LogP contribution in [0.4, 0.5) is 0 Å². The fourth-order valence-corrected chi connectivity index (χ4v) is 5.92. The van der Waals surface area contributed by atoms with Gasteiger partial charge in [-0.15, -0.1) is 29.9 Å². The van der Waals surface area contributed by atoms with Crippen molar-refractivity contribution in [2.45, 2.75) is 32.3 Å². The Balaban J connectivity index is 2.06. The molecule has 0 saturated carbocycles. The van der Waals surface area contributed by atoms with Crippen molar-refractivity contribution in [2.75, 3.05) is 11.5 Å². The van der Waals surface area contributed by atoms with Crippen molar-refractivity contribution in [3.8, 4) is 12.3 Å². The summed E-state index contributed by atoms with van der Waals surface area (Å²) in [6.07, 6.45) is 5.48. The van der Waals surface area contributed by atoms with E-state index < -0.39 is 0 Å². The fraction of sp³-hybridized carbons (Fsp3) is 0.529. The first-order chi connectivity index (χ1) is 8.91. The molecule has 0 aromatic heterocycles. The summed E-state index contributed by atoms with van der Waals surface area (Å²) in [5.41, 5.74) is 4.08. The average Bonchev–Trinajstić information content (AvgIpc) is 2.38. The van der Waals surface area contributed by atoms with Crippen molar-refractivity contribution in [3.63, 3.8) is 0 Å². The van der Waals surface area contributed by atoms with E-state index in [0.29, 0.717) is 10.00 Å². The van der Waals surface area contributed by atoms with Crippen LogP contribution in [0.5, 0.6) is 0 Å². The molecule has 0 spiro atoms. The molecule has 0 bridgehead atoms. The highest BCUT2D eigenvalue weighted by Crippen LogP contribution is 2.49. The van der Waals surface area contributed by atoms with Crippen LogP contribution in [-0.2, 0) is 0 Å². The molecule has 19 heavy (non-hydrogen) atoms. The summed E-state index contributed by atoms with van der Waals surface area (Å²) < 4.78 is 0.573. The molecule has 0 unspecified atom stereocenters. The number of aryl methyl sites for hydroxylation is 1. The lowest BCUT2D eigenvalue weighted by molar-refractivity contribution is 0.292. The zero-order chi connectivity index (χ0) is 14.0. The van der Waals surface area contributed by atoms with Crippen LogP contribution in [0.25, 0.3) is 0 Å². The van der Waals surface area contributed by atoms with E-state index >= 15 is 0 Å². The first-order valence-corrected chi connectivity index (χ1v) is 8.82. The van der Waals surface area contributed by atoms with Gasteiger partial charge in [-0.1, -0.05) is 38.8 Å². The number of hydrogen-bond donors (Lipinski definition) is 0. The van der Waals surface area contributed by atoms with Crippen molar-refractivity contribution < 1.29 is 0 Å². The van der Waals surface area contributed by atoms with Gasteiger partial charge in [0, 0.05) is 5.56 Å². The molecule has 1 aromatic rings. The first-order valence-electron chi connectivity index (χ1n) is 6.72. The molecule has 0 aliphatic carbocycles. The van der Waals surface area contributed by atoms with Crippen LogP contribution in [0.2, 0.25) is 0 Å². The maximum Gasteiger partial charge on any atom is 0.0751 e. The number of rotatable bonds is 1. The summed E-state index contributed by atoms with van der Waals surface area (Å²) in [6, 6.07) is 6.54. The molecule has 0 radical (unpaired) electrons. The van der Waals surface area contributed by atoms with Gasteiger partial charge in [0.2, 0.25) is 0 Å². The second-order valence-electron chi connectivity index (χ2n) is 6.28. The minimum Gasteiger partial charge on any atom is -0.142 e. The van der Waals surface area contributed by atoms with Gasteiger partial charge in [0.15, 0.2) is 0 Å². The van der Waals surface area contributed by atoms with Crippen molar-refractivity contribution >= 4 is 23.5 Å². The molecular weight excluding hydrogens is 268 g/mol. The summed E-state index contributed by atoms with van der Waals surface area (Å²) in [6.45, 7) is 9.16. The number of terminal acetylenes is 1. The van der Waals surface area contributed by atoms with Gasteiger partial charge in [0.05, 0.1) is 4.58 Å². The van der Waals surface area contributed by atoms with Gasteiger partial charge in [-0.25, -0.2) is 0 Å². The van der Waals surface area contributed by atoms with Crippen LogP contribution in [0.3, 0.4) is 0 Å². The maximum atomic E-state index is 5.48. The van der Waals surface area contributed by atoms with E-state index in [2.05, 4.69) is 75.3 Å². The quantitative estimate of drug-likeness (QED) is 0.659. The molecule has 1 saturated heterocycles. The molecule has 2 heteroatoms. The van der Waals surface area contributed by atoms with Gasteiger partial charge in [0.25, 0.3) is 0 Å². The lowest BCUT2D eigenvalue weighted by atomic mass is 9.83. The highest BCUT2D eigenvalue weighted by molar-refractivity contribution is 8.16. The third-order valence-electron chi connectivity index (χ3n) is 3.80. The van der Waals surface area contributed by atoms with Gasteiger partial charge < -0.3 is 0 Å². The van der Waals surface area contributed by atoms with Crippen molar-refractivity contribution in [1.82, 2.24) is 0 Å². The highest BCUT2D eigenvalue weighted by atomic mass is 32.2. The van der Waals surface area contributed by atoms with E-state index in [4.69, 9.17) is 6.42 Å². The van der Waals surface area contributed by atoms with Gasteiger partial charge in [-0.3, -0.25) is 0 Å². The zero-order valence-electron chi connectivity index (χ0n) is 12.2. The second-order valence-corrected chi connectivity index (χ2v) is 8.85. The van der Waals surface area contributed by atoms with Crippen LogP contribution in [0.15, 0.2) is 18.2 Å². The van der Waals surface area contributed by atoms with Gasteiger partial charge >= 0.3 is 0 Å². The topological polar surface area (TPSA) is 0 Å². The molecule has 2 rings (SSSR count). The Morgan fingerprint density at radius 2 is 1.84 bits per heavy atom. The highest BCUT2D eigenvalue weighted by Gasteiger charge is 2.31.